The lowest BCUT2D eigenvalue weighted by Gasteiger charge is -2.20. The van der Waals surface area contributed by atoms with Crippen LogP contribution in [-0.2, 0) is 0 Å². The average molecular weight is 294 g/mol. The zero-order chi connectivity index (χ0) is 14.9. The molecule has 2 N–H and O–H groups in total. The molecule has 1 aromatic carbocycles. The van der Waals surface area contributed by atoms with Gasteiger partial charge in [0.15, 0.2) is 0 Å². The summed E-state index contributed by atoms with van der Waals surface area (Å²) in [5, 5.41) is 14.2. The average Bonchev–Trinajstić information content (AvgIpc) is 2.71. The molecule has 108 valence electrons. The van der Waals surface area contributed by atoms with E-state index >= 15 is 0 Å². The van der Waals surface area contributed by atoms with Crippen molar-refractivity contribution in [1.82, 2.24) is 10.3 Å². The van der Waals surface area contributed by atoms with Crippen LogP contribution in [0.2, 0.25) is 0 Å². The van der Waals surface area contributed by atoms with Gasteiger partial charge in [-0.25, -0.2) is 9.37 Å². The number of halogens is 1. The normalized spacial score (nSPS) is 14.2. The van der Waals surface area contributed by atoms with Crippen LogP contribution >= 0.6 is 11.3 Å². The molecule has 3 nitrogen and oxygen atoms in total. The van der Waals surface area contributed by atoms with Crippen LogP contribution < -0.4 is 5.32 Å². The highest BCUT2D eigenvalue weighted by Crippen LogP contribution is 2.30. The van der Waals surface area contributed by atoms with Gasteiger partial charge in [-0.15, -0.1) is 11.3 Å². The summed E-state index contributed by atoms with van der Waals surface area (Å²) < 4.78 is 13.3. The zero-order valence-corrected chi connectivity index (χ0v) is 12.9. The van der Waals surface area contributed by atoms with E-state index in [9.17, 15) is 9.50 Å². The number of nitrogens with one attached hydrogen (secondary N) is 1. The number of aromatic hydroxyl groups is 1. The van der Waals surface area contributed by atoms with Crippen LogP contribution in [0.4, 0.5) is 4.39 Å². The lowest BCUT2D eigenvalue weighted by molar-refractivity contribution is 0.436. The van der Waals surface area contributed by atoms with E-state index < -0.39 is 0 Å². The molecule has 2 rings (SSSR count). The standard InChI is InChI=1S/C15H19FN2OS/c1-8(13-7-12(16)5-6-14(13)19)17-9(2)15-10(3)18-11(4)20-15/h5-9,17,19H,1-4H3. The van der Waals surface area contributed by atoms with E-state index in [2.05, 4.69) is 10.3 Å². The predicted molar refractivity (Wildman–Crippen MR) is 79.6 cm³/mol. The van der Waals surface area contributed by atoms with Crippen molar-refractivity contribution < 1.29 is 9.50 Å². The van der Waals surface area contributed by atoms with E-state index in [1.165, 1.54) is 23.1 Å². The van der Waals surface area contributed by atoms with Gasteiger partial charge in [-0.2, -0.15) is 0 Å². The number of phenols is 1. The Morgan fingerprint density at radius 1 is 1.25 bits per heavy atom. The number of aryl methyl sites for hydroxylation is 2. The minimum absolute atomic E-state index is 0.0962. The van der Waals surface area contributed by atoms with Crippen LogP contribution in [-0.4, -0.2) is 10.1 Å². The predicted octanol–water partition coefficient (Wildman–Crippen LogP) is 4.02. The summed E-state index contributed by atoms with van der Waals surface area (Å²) in [6.07, 6.45) is 0. The van der Waals surface area contributed by atoms with Gasteiger partial charge in [0.1, 0.15) is 11.6 Å². The maximum Gasteiger partial charge on any atom is 0.123 e. The molecule has 0 aliphatic carbocycles. The highest BCUT2D eigenvalue weighted by Gasteiger charge is 2.18. The minimum atomic E-state index is -0.344. The Balaban J connectivity index is 2.17. The van der Waals surface area contributed by atoms with Gasteiger partial charge in [-0.1, -0.05) is 0 Å². The molecule has 5 heteroatoms. The number of hydrogen-bond acceptors (Lipinski definition) is 4. The first kappa shape index (κ1) is 14.9. The van der Waals surface area contributed by atoms with Crippen molar-refractivity contribution >= 4 is 11.3 Å². The molecule has 1 heterocycles. The monoisotopic (exact) mass is 294 g/mol. The van der Waals surface area contributed by atoms with Crippen LogP contribution in [0.25, 0.3) is 0 Å². The molecule has 0 spiro atoms. The fraction of sp³-hybridized carbons (Fsp3) is 0.400. The van der Waals surface area contributed by atoms with E-state index in [-0.39, 0.29) is 23.7 Å². The maximum absolute atomic E-state index is 13.3. The fourth-order valence-corrected chi connectivity index (χ4v) is 3.30. The number of rotatable bonds is 4. The summed E-state index contributed by atoms with van der Waals surface area (Å²) >= 11 is 1.66. The lowest BCUT2D eigenvalue weighted by atomic mass is 10.1. The van der Waals surface area contributed by atoms with Gasteiger partial charge >= 0.3 is 0 Å². The van der Waals surface area contributed by atoms with Gasteiger partial charge in [0.05, 0.1) is 10.7 Å². The number of phenolic OH excluding ortho intramolecular Hbond substituents is 1. The molecule has 2 aromatic rings. The van der Waals surface area contributed by atoms with Gasteiger partial charge in [0.2, 0.25) is 0 Å². The molecular formula is C15H19FN2OS. The van der Waals surface area contributed by atoms with Gasteiger partial charge in [-0.3, -0.25) is 0 Å². The van der Waals surface area contributed by atoms with Crippen molar-refractivity contribution in [3.05, 3.63) is 45.2 Å². The molecule has 0 aliphatic heterocycles. The van der Waals surface area contributed by atoms with Gasteiger partial charge in [0, 0.05) is 22.5 Å². The topological polar surface area (TPSA) is 45.2 Å². The Morgan fingerprint density at radius 2 is 1.95 bits per heavy atom. The molecular weight excluding hydrogens is 275 g/mol. The maximum atomic E-state index is 13.3. The van der Waals surface area contributed by atoms with Crippen molar-refractivity contribution in [2.75, 3.05) is 0 Å². The molecule has 20 heavy (non-hydrogen) atoms. The summed E-state index contributed by atoms with van der Waals surface area (Å²) in [5.74, 6) is -0.236. The second-order valence-corrected chi connectivity index (χ2v) is 6.23. The largest absolute Gasteiger partial charge is 0.508 e. The summed E-state index contributed by atoms with van der Waals surface area (Å²) in [6.45, 7) is 7.93. The zero-order valence-electron chi connectivity index (χ0n) is 12.1. The molecule has 2 unspecified atom stereocenters. The minimum Gasteiger partial charge on any atom is -0.508 e. The first-order valence-corrected chi connectivity index (χ1v) is 7.38. The van der Waals surface area contributed by atoms with Crippen molar-refractivity contribution in [3.8, 4) is 5.75 Å². The van der Waals surface area contributed by atoms with Gasteiger partial charge in [0.25, 0.3) is 0 Å². The van der Waals surface area contributed by atoms with E-state index in [0.29, 0.717) is 5.56 Å². The summed E-state index contributed by atoms with van der Waals surface area (Å²) in [7, 11) is 0. The Bertz CT molecular complexity index is 612. The van der Waals surface area contributed by atoms with Crippen LogP contribution in [0.15, 0.2) is 18.2 Å². The molecule has 0 fully saturated rings. The van der Waals surface area contributed by atoms with E-state index in [0.717, 1.165) is 10.7 Å². The second kappa shape index (κ2) is 5.89. The molecule has 0 bridgehead atoms. The first-order valence-electron chi connectivity index (χ1n) is 6.57. The Hall–Kier alpha value is -1.46. The molecule has 2 atom stereocenters. The number of thiazole rings is 1. The van der Waals surface area contributed by atoms with Gasteiger partial charge in [-0.05, 0) is 45.9 Å². The lowest BCUT2D eigenvalue weighted by Crippen LogP contribution is -2.22. The number of nitrogens with zero attached hydrogens (tertiary/aromatic N) is 1. The van der Waals surface area contributed by atoms with Crippen molar-refractivity contribution in [3.63, 3.8) is 0 Å². The first-order chi connectivity index (χ1) is 9.38. The van der Waals surface area contributed by atoms with Crippen LogP contribution in [0.3, 0.4) is 0 Å². The Kier molecular flexibility index (Phi) is 4.40. The highest BCUT2D eigenvalue weighted by atomic mass is 32.1. The van der Waals surface area contributed by atoms with E-state index in [1.807, 2.05) is 27.7 Å². The van der Waals surface area contributed by atoms with Crippen molar-refractivity contribution in [2.45, 2.75) is 39.8 Å². The summed E-state index contributed by atoms with van der Waals surface area (Å²) in [5.41, 5.74) is 1.58. The Morgan fingerprint density at radius 3 is 2.55 bits per heavy atom. The smallest absolute Gasteiger partial charge is 0.123 e. The summed E-state index contributed by atoms with van der Waals surface area (Å²) in [4.78, 5) is 5.58. The summed E-state index contributed by atoms with van der Waals surface area (Å²) in [6, 6.07) is 3.95. The molecule has 0 aliphatic rings. The third kappa shape index (κ3) is 3.16. The Labute approximate surface area is 122 Å². The molecule has 0 saturated carbocycles. The van der Waals surface area contributed by atoms with E-state index in [4.69, 9.17) is 0 Å². The van der Waals surface area contributed by atoms with Crippen LogP contribution in [0.5, 0.6) is 5.75 Å². The van der Waals surface area contributed by atoms with Gasteiger partial charge < -0.3 is 10.4 Å². The molecule has 0 saturated heterocycles. The third-order valence-electron chi connectivity index (χ3n) is 3.29. The van der Waals surface area contributed by atoms with Crippen LogP contribution in [0, 0.1) is 19.7 Å². The molecule has 0 radical (unpaired) electrons. The van der Waals surface area contributed by atoms with Crippen LogP contribution in [0.1, 0.15) is 47.1 Å². The second-order valence-electron chi connectivity index (χ2n) is 5.00. The third-order valence-corrected chi connectivity index (χ3v) is 4.54. The highest BCUT2D eigenvalue weighted by molar-refractivity contribution is 7.11. The van der Waals surface area contributed by atoms with E-state index in [1.54, 1.807) is 11.3 Å². The number of hydrogen-bond donors (Lipinski definition) is 2. The molecule has 1 aromatic heterocycles. The van der Waals surface area contributed by atoms with Crippen molar-refractivity contribution in [2.24, 2.45) is 0 Å². The SMILES string of the molecule is Cc1nc(C)c(C(C)NC(C)c2cc(F)ccc2O)s1. The quantitative estimate of drug-likeness (QED) is 0.895. The number of benzene rings is 1. The number of aromatic nitrogens is 1. The molecule has 0 amide bonds. The fourth-order valence-electron chi connectivity index (χ4n) is 2.36. The van der Waals surface area contributed by atoms with Crippen molar-refractivity contribution in [1.29, 1.82) is 0 Å².